The van der Waals surface area contributed by atoms with E-state index in [-0.39, 0.29) is 11.2 Å². The minimum atomic E-state index is 0.111. The van der Waals surface area contributed by atoms with E-state index in [1.807, 2.05) is 24.3 Å². The summed E-state index contributed by atoms with van der Waals surface area (Å²) in [5.74, 6) is 0.974. The Balaban J connectivity index is 1.50. The number of hydrogen-bond acceptors (Lipinski definition) is 3. The zero-order valence-electron chi connectivity index (χ0n) is 20.2. The van der Waals surface area contributed by atoms with Crippen molar-refractivity contribution in [2.45, 2.75) is 89.4 Å². The van der Waals surface area contributed by atoms with Gasteiger partial charge in [0.2, 0.25) is 5.78 Å². The molecule has 0 radical (unpaired) electrons. The van der Waals surface area contributed by atoms with Gasteiger partial charge in [0.25, 0.3) is 0 Å². The Labute approximate surface area is 198 Å². The van der Waals surface area contributed by atoms with Gasteiger partial charge in [0.15, 0.2) is 0 Å². The summed E-state index contributed by atoms with van der Waals surface area (Å²) in [6.07, 6.45) is 12.4. The van der Waals surface area contributed by atoms with Gasteiger partial charge >= 0.3 is 0 Å². The molecule has 0 saturated heterocycles. The molecule has 2 aromatic carbocycles. The first kappa shape index (κ1) is 24.6. The van der Waals surface area contributed by atoms with Gasteiger partial charge < -0.3 is 4.74 Å². The summed E-state index contributed by atoms with van der Waals surface area (Å²) in [6.45, 7) is 9.63. The van der Waals surface area contributed by atoms with Gasteiger partial charge in [0.1, 0.15) is 5.75 Å². The second kappa shape index (κ2) is 11.7. The highest BCUT2D eigenvalue weighted by Gasteiger charge is 2.26. The number of thioether (sulfide) groups is 1. The lowest BCUT2D eigenvalue weighted by Gasteiger charge is -2.18. The average Bonchev–Trinajstić information content (AvgIpc) is 3.07. The van der Waals surface area contributed by atoms with Gasteiger partial charge in [-0.1, -0.05) is 109 Å². The molecular formula is C29H38O2S. The van der Waals surface area contributed by atoms with E-state index in [2.05, 4.69) is 52.0 Å². The summed E-state index contributed by atoms with van der Waals surface area (Å²) in [4.78, 5) is 14.6. The molecule has 0 aliphatic carbocycles. The minimum Gasteiger partial charge on any atom is -0.494 e. The van der Waals surface area contributed by atoms with Gasteiger partial charge in [-0.25, -0.2) is 0 Å². The monoisotopic (exact) mass is 450 g/mol. The van der Waals surface area contributed by atoms with Crippen molar-refractivity contribution in [1.29, 1.82) is 0 Å². The molecular weight excluding hydrogens is 412 g/mol. The van der Waals surface area contributed by atoms with Crippen molar-refractivity contribution in [3.8, 4) is 5.75 Å². The number of allylic oxidation sites excluding steroid dienone is 1. The van der Waals surface area contributed by atoms with E-state index in [1.165, 1.54) is 50.5 Å². The molecule has 0 bridgehead atoms. The van der Waals surface area contributed by atoms with E-state index in [9.17, 15) is 4.79 Å². The van der Waals surface area contributed by atoms with Crippen LogP contribution in [-0.4, -0.2) is 12.4 Å². The fourth-order valence-corrected chi connectivity index (χ4v) is 4.99. The van der Waals surface area contributed by atoms with Crippen molar-refractivity contribution < 1.29 is 9.53 Å². The summed E-state index contributed by atoms with van der Waals surface area (Å²) in [7, 11) is 0. The van der Waals surface area contributed by atoms with Gasteiger partial charge in [0, 0.05) is 10.5 Å². The maximum Gasteiger partial charge on any atom is 0.200 e. The maximum atomic E-state index is 12.8. The number of ketones is 1. The van der Waals surface area contributed by atoms with Gasteiger partial charge in [-0.2, -0.15) is 0 Å². The smallest absolute Gasteiger partial charge is 0.200 e. The summed E-state index contributed by atoms with van der Waals surface area (Å²) in [5.41, 5.74) is 3.27. The molecule has 1 aliphatic rings. The molecule has 0 spiro atoms. The second-order valence-corrected chi connectivity index (χ2v) is 10.9. The van der Waals surface area contributed by atoms with Gasteiger partial charge in [-0.05, 0) is 47.2 Å². The fourth-order valence-electron chi connectivity index (χ4n) is 3.91. The Kier molecular flexibility index (Phi) is 9.04. The van der Waals surface area contributed by atoms with Crippen LogP contribution in [0.1, 0.15) is 101 Å². The molecule has 0 N–H and O–H groups in total. The lowest BCUT2D eigenvalue weighted by molar-refractivity contribution is 0.104. The highest BCUT2D eigenvalue weighted by molar-refractivity contribution is 8.04. The van der Waals surface area contributed by atoms with Crippen LogP contribution in [0, 0.1) is 0 Å². The van der Waals surface area contributed by atoms with Gasteiger partial charge in [-0.15, -0.1) is 0 Å². The number of carbonyl (C=O) groups is 1. The van der Waals surface area contributed by atoms with Crippen molar-refractivity contribution >= 4 is 23.6 Å². The number of Topliss-reactive ketones (excluding diaryl/α,β-unsaturated/α-hetero) is 1. The molecule has 2 aromatic rings. The molecule has 0 unspecified atom stereocenters. The van der Waals surface area contributed by atoms with Gasteiger partial charge in [-0.3, -0.25) is 4.79 Å². The van der Waals surface area contributed by atoms with E-state index in [0.717, 1.165) is 39.7 Å². The van der Waals surface area contributed by atoms with Crippen LogP contribution >= 0.6 is 11.8 Å². The van der Waals surface area contributed by atoms with E-state index in [0.29, 0.717) is 0 Å². The van der Waals surface area contributed by atoms with E-state index >= 15 is 0 Å². The molecule has 1 heterocycles. The summed E-state index contributed by atoms with van der Waals surface area (Å²) in [6, 6.07) is 14.4. The fraction of sp³-hybridized carbons (Fsp3) is 0.483. The SMILES string of the molecule is CCCCCCCCCCOc1ccc2c(c1)SC(=Cc1ccc(C(C)(C)C)cc1)C2=O. The van der Waals surface area contributed by atoms with E-state index < -0.39 is 0 Å². The molecule has 0 amide bonds. The first-order valence-corrected chi connectivity index (χ1v) is 13.0. The first-order valence-electron chi connectivity index (χ1n) is 12.2. The number of unbranched alkanes of at least 4 members (excludes halogenated alkanes) is 7. The predicted molar refractivity (Wildman–Crippen MR) is 138 cm³/mol. The predicted octanol–water partition coefficient (Wildman–Crippen LogP) is 8.83. The summed E-state index contributed by atoms with van der Waals surface area (Å²) >= 11 is 1.55. The van der Waals surface area contributed by atoms with Crippen LogP contribution in [0.5, 0.6) is 5.75 Å². The van der Waals surface area contributed by atoms with Crippen molar-refractivity contribution in [3.05, 3.63) is 64.1 Å². The van der Waals surface area contributed by atoms with Crippen molar-refractivity contribution in [1.82, 2.24) is 0 Å². The molecule has 3 heteroatoms. The third kappa shape index (κ3) is 7.00. The topological polar surface area (TPSA) is 26.3 Å². The molecule has 2 nitrogen and oxygen atoms in total. The Bertz CT molecular complexity index is 919. The zero-order valence-corrected chi connectivity index (χ0v) is 21.0. The van der Waals surface area contributed by atoms with Crippen molar-refractivity contribution in [2.75, 3.05) is 6.61 Å². The van der Waals surface area contributed by atoms with Crippen LogP contribution in [0.3, 0.4) is 0 Å². The molecule has 32 heavy (non-hydrogen) atoms. The van der Waals surface area contributed by atoms with E-state index in [4.69, 9.17) is 4.74 Å². The number of fused-ring (bicyclic) bond motifs is 1. The maximum absolute atomic E-state index is 12.8. The van der Waals surface area contributed by atoms with Crippen LogP contribution < -0.4 is 4.74 Å². The highest BCUT2D eigenvalue weighted by Crippen LogP contribution is 2.42. The second-order valence-electron chi connectivity index (χ2n) is 9.79. The molecule has 0 aromatic heterocycles. The Morgan fingerprint density at radius 1 is 0.875 bits per heavy atom. The minimum absolute atomic E-state index is 0.111. The molecule has 0 saturated carbocycles. The lowest BCUT2D eigenvalue weighted by Crippen LogP contribution is -2.10. The van der Waals surface area contributed by atoms with Crippen molar-refractivity contribution in [3.63, 3.8) is 0 Å². The zero-order chi connectivity index (χ0) is 23.0. The van der Waals surface area contributed by atoms with Crippen LogP contribution in [0.2, 0.25) is 0 Å². The Morgan fingerprint density at radius 2 is 1.53 bits per heavy atom. The molecule has 3 rings (SSSR count). The van der Waals surface area contributed by atoms with Crippen molar-refractivity contribution in [2.24, 2.45) is 0 Å². The first-order chi connectivity index (χ1) is 15.4. The van der Waals surface area contributed by atoms with Gasteiger partial charge in [0.05, 0.1) is 11.5 Å². The number of hydrogen-bond donors (Lipinski definition) is 0. The average molecular weight is 451 g/mol. The molecule has 172 valence electrons. The largest absolute Gasteiger partial charge is 0.494 e. The number of benzene rings is 2. The van der Waals surface area contributed by atoms with Crippen LogP contribution in [0.4, 0.5) is 0 Å². The highest BCUT2D eigenvalue weighted by atomic mass is 32.2. The molecule has 1 aliphatic heterocycles. The van der Waals surface area contributed by atoms with Crippen LogP contribution in [0.15, 0.2) is 52.3 Å². The molecule has 0 atom stereocenters. The summed E-state index contributed by atoms with van der Waals surface area (Å²) in [5, 5.41) is 0. The Hall–Kier alpha value is -2.00. The standard InChI is InChI=1S/C29H38O2S/c1-5-6-7-8-9-10-11-12-19-31-24-17-18-25-26(21-24)32-27(28(25)30)20-22-13-15-23(16-14-22)29(2,3)4/h13-18,20-21H,5-12,19H2,1-4H3. The number of ether oxygens (including phenoxy) is 1. The quantitative estimate of drug-likeness (QED) is 0.253. The number of carbonyl (C=O) groups excluding carboxylic acids is 1. The van der Waals surface area contributed by atoms with Crippen LogP contribution in [-0.2, 0) is 5.41 Å². The number of rotatable bonds is 11. The van der Waals surface area contributed by atoms with E-state index in [1.54, 1.807) is 11.8 Å². The third-order valence-corrected chi connectivity index (χ3v) is 7.06. The van der Waals surface area contributed by atoms with Crippen LogP contribution in [0.25, 0.3) is 6.08 Å². The normalized spacial score (nSPS) is 14.8. The summed E-state index contributed by atoms with van der Waals surface area (Å²) < 4.78 is 5.97. The third-order valence-electron chi connectivity index (χ3n) is 5.98. The molecule has 0 fully saturated rings. The lowest BCUT2D eigenvalue weighted by atomic mass is 9.87. The Morgan fingerprint density at radius 3 is 2.19 bits per heavy atom.